The molecule has 0 aromatic carbocycles. The van der Waals surface area contributed by atoms with Crippen LogP contribution in [0.15, 0.2) is 0 Å². The van der Waals surface area contributed by atoms with E-state index in [1.54, 1.807) is 32.1 Å². The number of aliphatic hydroxyl groups is 1. The van der Waals surface area contributed by atoms with E-state index in [9.17, 15) is 14.7 Å². The van der Waals surface area contributed by atoms with E-state index >= 15 is 0 Å². The molecule has 32 heavy (non-hydrogen) atoms. The van der Waals surface area contributed by atoms with Gasteiger partial charge in [-0.15, -0.1) is 22.7 Å². The third-order valence-corrected chi connectivity index (χ3v) is 7.75. The Kier molecular flexibility index (Phi) is 6.60. The van der Waals surface area contributed by atoms with Crippen LogP contribution in [0.2, 0.25) is 0 Å². The lowest BCUT2D eigenvalue weighted by atomic mass is 10.0. The zero-order chi connectivity index (χ0) is 23.0. The maximum atomic E-state index is 12.9. The van der Waals surface area contributed by atoms with Crippen LogP contribution in [0.4, 0.5) is 9.80 Å². The number of aryl methyl sites for hydroxylation is 1. The first kappa shape index (κ1) is 23.2. The molecule has 10 heteroatoms. The maximum absolute atomic E-state index is 12.9. The second kappa shape index (κ2) is 9.11. The summed E-state index contributed by atoms with van der Waals surface area (Å²) < 4.78 is 10.9. The number of nitrogens with one attached hydrogen (secondary N) is 3. The summed E-state index contributed by atoms with van der Waals surface area (Å²) >= 11 is 2.92. The average Bonchev–Trinajstić information content (AvgIpc) is 3.22. The smallest absolute Gasteiger partial charge is 0.341 e. The van der Waals surface area contributed by atoms with Crippen molar-refractivity contribution in [2.24, 2.45) is 0 Å². The van der Waals surface area contributed by atoms with Crippen molar-refractivity contribution < 1.29 is 24.2 Å². The molecule has 2 amide bonds. The molecule has 0 bridgehead atoms. The fraction of sp³-hybridized carbons (Fsp3) is 0.545. The van der Waals surface area contributed by atoms with E-state index in [2.05, 4.69) is 22.9 Å². The van der Waals surface area contributed by atoms with Gasteiger partial charge in [0.25, 0.3) is 0 Å². The minimum Gasteiger partial charge on any atom is -0.456 e. The molecule has 1 atom stereocenters. The predicted molar refractivity (Wildman–Crippen MR) is 124 cm³/mol. The Balaban J connectivity index is 1.53. The second-order valence-corrected chi connectivity index (χ2v) is 11.3. The third-order valence-electron chi connectivity index (χ3n) is 5.39. The summed E-state index contributed by atoms with van der Waals surface area (Å²) in [6.45, 7) is 9.98. The molecule has 4 rings (SSSR count). The van der Waals surface area contributed by atoms with Gasteiger partial charge in [0.05, 0.1) is 17.0 Å². The topological polar surface area (TPSA) is 109 Å². The van der Waals surface area contributed by atoms with E-state index in [1.807, 2.05) is 0 Å². The summed E-state index contributed by atoms with van der Waals surface area (Å²) in [4.78, 5) is 28.8. The van der Waals surface area contributed by atoms with Gasteiger partial charge < -0.3 is 25.2 Å². The number of thiophene rings is 2. The van der Waals surface area contributed by atoms with Gasteiger partial charge in [-0.2, -0.15) is 0 Å². The first-order chi connectivity index (χ1) is 15.1. The van der Waals surface area contributed by atoms with Gasteiger partial charge in [-0.25, -0.2) is 9.59 Å². The Morgan fingerprint density at radius 2 is 2.03 bits per heavy atom. The number of ether oxygens (including phenoxy) is 2. The molecule has 174 valence electrons. The highest BCUT2D eigenvalue weighted by Crippen LogP contribution is 2.41. The summed E-state index contributed by atoms with van der Waals surface area (Å²) in [6, 6.07) is -0.405. The Morgan fingerprint density at radius 1 is 1.25 bits per heavy atom. The fourth-order valence-electron chi connectivity index (χ4n) is 4.00. The summed E-state index contributed by atoms with van der Waals surface area (Å²) in [5.74, 6) is -0.519. The Morgan fingerprint density at radius 3 is 2.78 bits per heavy atom. The van der Waals surface area contributed by atoms with E-state index in [1.165, 1.54) is 20.9 Å². The van der Waals surface area contributed by atoms with E-state index in [0.29, 0.717) is 40.6 Å². The van der Waals surface area contributed by atoms with Crippen LogP contribution < -0.4 is 16.0 Å². The lowest BCUT2D eigenvalue weighted by Crippen LogP contribution is -2.30. The van der Waals surface area contributed by atoms with Crippen LogP contribution in [-0.2, 0) is 35.4 Å². The number of hydrogen-bond acceptors (Lipinski definition) is 8. The van der Waals surface area contributed by atoms with Gasteiger partial charge in [0, 0.05) is 22.8 Å². The molecule has 0 aliphatic carbocycles. The molecule has 2 aliphatic rings. The SMILES string of the molecule is Cc1sc2c(c1CNC(=O)Nc1sc3c(c1C(=O)OC(C)(C)C)CCOC3O)CCNC2. The molecule has 2 aromatic heterocycles. The molecule has 2 aliphatic heterocycles. The molecule has 8 nitrogen and oxygen atoms in total. The number of hydrogen-bond donors (Lipinski definition) is 4. The van der Waals surface area contributed by atoms with Crippen LogP contribution in [0.1, 0.15) is 68.7 Å². The van der Waals surface area contributed by atoms with Gasteiger partial charge in [0.1, 0.15) is 10.6 Å². The number of fused-ring (bicyclic) bond motifs is 2. The molecule has 4 heterocycles. The summed E-state index contributed by atoms with van der Waals surface area (Å²) in [6.07, 6.45) is 0.309. The van der Waals surface area contributed by atoms with Crippen LogP contribution in [0, 0.1) is 6.92 Å². The molecule has 0 fully saturated rings. The van der Waals surface area contributed by atoms with Gasteiger partial charge >= 0.3 is 12.0 Å². The van der Waals surface area contributed by atoms with Crippen LogP contribution in [-0.4, -0.2) is 35.9 Å². The van der Waals surface area contributed by atoms with E-state index in [0.717, 1.165) is 30.8 Å². The molecule has 0 saturated heterocycles. The molecular formula is C22H29N3O5S2. The average molecular weight is 480 g/mol. The second-order valence-electron chi connectivity index (χ2n) is 8.90. The zero-order valence-electron chi connectivity index (χ0n) is 18.7. The molecule has 2 aromatic rings. The van der Waals surface area contributed by atoms with Gasteiger partial charge in [0.15, 0.2) is 6.29 Å². The molecule has 0 radical (unpaired) electrons. The number of rotatable bonds is 4. The fourth-order valence-corrected chi connectivity index (χ4v) is 6.38. The monoisotopic (exact) mass is 479 g/mol. The van der Waals surface area contributed by atoms with Crippen molar-refractivity contribution in [3.8, 4) is 0 Å². The standard InChI is InChI=1S/C22H29N3O5S2/c1-11-14(12-5-7-23-10-15(12)31-11)9-24-21(28)25-18-16(19(26)30-22(2,3)4)13-6-8-29-20(27)17(13)32-18/h20,23,27H,5-10H2,1-4H3,(H2,24,25,28). The van der Waals surface area contributed by atoms with Gasteiger partial charge in [-0.05, 0) is 63.8 Å². The third kappa shape index (κ3) is 4.84. The van der Waals surface area contributed by atoms with Crippen molar-refractivity contribution in [3.05, 3.63) is 36.9 Å². The number of carbonyl (C=O) groups is 2. The first-order valence-corrected chi connectivity index (χ1v) is 12.3. The lowest BCUT2D eigenvalue weighted by Gasteiger charge is -2.22. The van der Waals surface area contributed by atoms with Crippen molar-refractivity contribution in [1.82, 2.24) is 10.6 Å². The number of carbonyl (C=O) groups excluding carboxylic acids is 2. The summed E-state index contributed by atoms with van der Waals surface area (Å²) in [5.41, 5.74) is 2.79. The van der Waals surface area contributed by atoms with E-state index in [-0.39, 0.29) is 0 Å². The molecular weight excluding hydrogens is 450 g/mol. The number of anilines is 1. The Bertz CT molecular complexity index is 1040. The highest BCUT2D eigenvalue weighted by atomic mass is 32.1. The molecule has 4 N–H and O–H groups in total. The van der Waals surface area contributed by atoms with Crippen LogP contribution in [0.3, 0.4) is 0 Å². The van der Waals surface area contributed by atoms with E-state index < -0.39 is 23.9 Å². The van der Waals surface area contributed by atoms with Gasteiger partial charge in [-0.3, -0.25) is 5.32 Å². The number of amides is 2. The van der Waals surface area contributed by atoms with Crippen molar-refractivity contribution in [2.75, 3.05) is 18.5 Å². The summed E-state index contributed by atoms with van der Waals surface area (Å²) in [5, 5.41) is 19.7. The van der Waals surface area contributed by atoms with Gasteiger partial charge in [0.2, 0.25) is 0 Å². The van der Waals surface area contributed by atoms with Crippen molar-refractivity contribution in [3.63, 3.8) is 0 Å². The lowest BCUT2D eigenvalue weighted by molar-refractivity contribution is -0.107. The van der Waals surface area contributed by atoms with Crippen LogP contribution >= 0.6 is 22.7 Å². The van der Waals surface area contributed by atoms with Gasteiger partial charge in [-0.1, -0.05) is 0 Å². The minimum atomic E-state index is -1.11. The van der Waals surface area contributed by atoms with Crippen molar-refractivity contribution >= 4 is 39.7 Å². The van der Waals surface area contributed by atoms with Crippen molar-refractivity contribution in [1.29, 1.82) is 0 Å². The highest BCUT2D eigenvalue weighted by Gasteiger charge is 2.33. The van der Waals surface area contributed by atoms with Crippen molar-refractivity contribution in [2.45, 2.75) is 65.5 Å². The molecule has 0 spiro atoms. The normalized spacial score (nSPS) is 18.0. The first-order valence-electron chi connectivity index (χ1n) is 10.7. The molecule has 0 saturated carbocycles. The number of aliphatic hydroxyl groups excluding tert-OH is 1. The van der Waals surface area contributed by atoms with Crippen LogP contribution in [0.5, 0.6) is 0 Å². The highest BCUT2D eigenvalue weighted by molar-refractivity contribution is 7.17. The Hall–Kier alpha value is -1.98. The summed E-state index contributed by atoms with van der Waals surface area (Å²) in [7, 11) is 0. The quantitative estimate of drug-likeness (QED) is 0.499. The zero-order valence-corrected chi connectivity index (χ0v) is 20.3. The number of urea groups is 1. The van der Waals surface area contributed by atoms with E-state index in [4.69, 9.17) is 9.47 Å². The minimum absolute atomic E-state index is 0.295. The molecule has 1 unspecified atom stereocenters. The maximum Gasteiger partial charge on any atom is 0.341 e. The number of esters is 1. The van der Waals surface area contributed by atoms with Crippen LogP contribution in [0.25, 0.3) is 0 Å². The predicted octanol–water partition coefficient (Wildman–Crippen LogP) is 3.60. The largest absolute Gasteiger partial charge is 0.456 e. The Labute approximate surface area is 195 Å².